The van der Waals surface area contributed by atoms with Crippen LogP contribution in [0.4, 0.5) is 5.82 Å². The van der Waals surface area contributed by atoms with Gasteiger partial charge in [0, 0.05) is 36.0 Å². The molecule has 0 unspecified atom stereocenters. The Bertz CT molecular complexity index is 911. The van der Waals surface area contributed by atoms with Crippen LogP contribution in [0.25, 0.3) is 10.9 Å². The zero-order valence-corrected chi connectivity index (χ0v) is 15.2. The van der Waals surface area contributed by atoms with Gasteiger partial charge in [-0.25, -0.2) is 4.98 Å². The van der Waals surface area contributed by atoms with Crippen LogP contribution < -0.4 is 5.43 Å². The molecule has 0 saturated heterocycles. The van der Waals surface area contributed by atoms with E-state index in [9.17, 15) is 0 Å². The highest BCUT2D eigenvalue weighted by molar-refractivity contribution is 5.84. The van der Waals surface area contributed by atoms with Gasteiger partial charge in [-0.15, -0.1) is 0 Å². The largest absolute Gasteiger partial charge is 0.383 e. The summed E-state index contributed by atoms with van der Waals surface area (Å²) in [6, 6.07) is 12.3. The number of benzene rings is 1. The molecule has 0 bridgehead atoms. The van der Waals surface area contributed by atoms with Gasteiger partial charge in [-0.2, -0.15) is 5.10 Å². The molecule has 0 aliphatic heterocycles. The molecule has 130 valence electrons. The van der Waals surface area contributed by atoms with E-state index in [0.29, 0.717) is 6.61 Å². The zero-order valence-electron chi connectivity index (χ0n) is 15.2. The maximum absolute atomic E-state index is 5.18. The molecule has 5 heteroatoms. The summed E-state index contributed by atoms with van der Waals surface area (Å²) in [5.41, 5.74) is 8.68. The molecule has 1 N–H and O–H groups in total. The molecular weight excluding hydrogens is 312 g/mol. The number of hydrogen-bond donors (Lipinski definition) is 1. The third kappa shape index (κ3) is 3.72. The van der Waals surface area contributed by atoms with Crippen molar-refractivity contribution in [2.45, 2.75) is 27.3 Å². The maximum atomic E-state index is 5.18. The number of hydrazone groups is 1. The Kier molecular flexibility index (Phi) is 5.14. The Morgan fingerprint density at radius 2 is 2.00 bits per heavy atom. The summed E-state index contributed by atoms with van der Waals surface area (Å²) in [6.07, 6.45) is 1.85. The fraction of sp³-hybridized carbons (Fsp3) is 0.300. The number of pyridine rings is 1. The van der Waals surface area contributed by atoms with Gasteiger partial charge in [0.1, 0.15) is 5.82 Å². The number of para-hydroxylation sites is 1. The lowest BCUT2D eigenvalue weighted by atomic mass is 10.1. The molecule has 0 amide bonds. The lowest BCUT2D eigenvalue weighted by Gasteiger charge is -2.08. The lowest BCUT2D eigenvalue weighted by Crippen LogP contribution is -2.07. The monoisotopic (exact) mass is 336 g/mol. The zero-order chi connectivity index (χ0) is 17.8. The van der Waals surface area contributed by atoms with E-state index in [2.05, 4.69) is 53.0 Å². The molecule has 3 rings (SSSR count). The third-order valence-electron chi connectivity index (χ3n) is 4.44. The number of ether oxygens (including phenoxy) is 1. The Labute approximate surface area is 148 Å². The Morgan fingerprint density at radius 3 is 2.80 bits per heavy atom. The van der Waals surface area contributed by atoms with Crippen LogP contribution in [0.1, 0.15) is 22.5 Å². The molecule has 2 heterocycles. The quantitative estimate of drug-likeness (QED) is 0.546. The number of aromatic nitrogens is 2. The van der Waals surface area contributed by atoms with Gasteiger partial charge in [-0.3, -0.25) is 5.43 Å². The summed E-state index contributed by atoms with van der Waals surface area (Å²) >= 11 is 0. The first kappa shape index (κ1) is 17.2. The van der Waals surface area contributed by atoms with Crippen molar-refractivity contribution in [3.63, 3.8) is 0 Å². The molecule has 0 saturated carbocycles. The van der Waals surface area contributed by atoms with Crippen molar-refractivity contribution in [2.75, 3.05) is 19.1 Å². The van der Waals surface area contributed by atoms with Crippen LogP contribution >= 0.6 is 0 Å². The van der Waals surface area contributed by atoms with Gasteiger partial charge < -0.3 is 9.30 Å². The molecule has 1 aromatic carbocycles. The number of methoxy groups -OCH3 is 1. The molecule has 0 radical (unpaired) electrons. The number of aryl methyl sites for hydroxylation is 2. The number of nitrogens with zero attached hydrogens (tertiary/aromatic N) is 3. The van der Waals surface area contributed by atoms with Crippen LogP contribution in [-0.4, -0.2) is 29.5 Å². The van der Waals surface area contributed by atoms with Gasteiger partial charge in [0.2, 0.25) is 0 Å². The topological polar surface area (TPSA) is 51.4 Å². The Balaban J connectivity index is 1.77. The number of fused-ring (bicyclic) bond motifs is 1. The summed E-state index contributed by atoms with van der Waals surface area (Å²) in [4.78, 5) is 4.61. The molecule has 3 aromatic rings. The van der Waals surface area contributed by atoms with Crippen LogP contribution in [-0.2, 0) is 11.3 Å². The predicted molar refractivity (Wildman–Crippen MR) is 103 cm³/mol. The van der Waals surface area contributed by atoms with Crippen molar-refractivity contribution >= 4 is 22.9 Å². The van der Waals surface area contributed by atoms with Crippen LogP contribution in [0.3, 0.4) is 0 Å². The fourth-order valence-electron chi connectivity index (χ4n) is 3.06. The average Bonchev–Trinajstić information content (AvgIpc) is 2.87. The van der Waals surface area contributed by atoms with E-state index in [4.69, 9.17) is 4.74 Å². The van der Waals surface area contributed by atoms with Gasteiger partial charge in [0.15, 0.2) is 0 Å². The molecule has 0 fully saturated rings. The van der Waals surface area contributed by atoms with Gasteiger partial charge in [-0.05, 0) is 44.5 Å². The highest BCUT2D eigenvalue weighted by Crippen LogP contribution is 2.20. The van der Waals surface area contributed by atoms with Crippen molar-refractivity contribution in [3.8, 4) is 0 Å². The molecule has 25 heavy (non-hydrogen) atoms. The van der Waals surface area contributed by atoms with Crippen LogP contribution in [0.15, 0.2) is 41.5 Å². The van der Waals surface area contributed by atoms with Crippen molar-refractivity contribution < 1.29 is 4.74 Å². The van der Waals surface area contributed by atoms with E-state index < -0.39 is 0 Å². The first-order valence-electron chi connectivity index (χ1n) is 8.41. The third-order valence-corrected chi connectivity index (χ3v) is 4.44. The first-order valence-corrected chi connectivity index (χ1v) is 8.41. The van der Waals surface area contributed by atoms with Gasteiger partial charge in [0.25, 0.3) is 0 Å². The normalized spacial score (nSPS) is 11.5. The summed E-state index contributed by atoms with van der Waals surface area (Å²) in [6.45, 7) is 7.83. The second kappa shape index (κ2) is 7.49. The second-order valence-electron chi connectivity index (χ2n) is 6.18. The number of nitrogens with one attached hydrogen (secondary N) is 1. The van der Waals surface area contributed by atoms with E-state index in [1.807, 2.05) is 30.5 Å². The summed E-state index contributed by atoms with van der Waals surface area (Å²) in [5.74, 6) is 0.751. The molecule has 0 atom stereocenters. The fourth-order valence-corrected chi connectivity index (χ4v) is 3.06. The SMILES string of the molecule is COCCn1c(C)cc(/C=N\Nc2cc(C)c3ccccc3n2)c1C. The van der Waals surface area contributed by atoms with E-state index in [0.717, 1.165) is 23.4 Å². The molecule has 0 spiro atoms. The Morgan fingerprint density at radius 1 is 1.20 bits per heavy atom. The van der Waals surface area contributed by atoms with E-state index >= 15 is 0 Å². The van der Waals surface area contributed by atoms with Crippen molar-refractivity contribution in [3.05, 3.63) is 58.9 Å². The highest BCUT2D eigenvalue weighted by Gasteiger charge is 2.07. The summed E-state index contributed by atoms with van der Waals surface area (Å²) in [7, 11) is 1.72. The van der Waals surface area contributed by atoms with Gasteiger partial charge in [0.05, 0.1) is 18.3 Å². The molecule has 0 aliphatic rings. The molecular formula is C20H24N4O. The molecule has 0 aliphatic carbocycles. The van der Waals surface area contributed by atoms with Crippen LogP contribution in [0, 0.1) is 20.8 Å². The minimum atomic E-state index is 0.700. The molecule has 2 aromatic heterocycles. The highest BCUT2D eigenvalue weighted by atomic mass is 16.5. The minimum Gasteiger partial charge on any atom is -0.383 e. The Hall–Kier alpha value is -2.66. The average molecular weight is 336 g/mol. The number of rotatable bonds is 6. The van der Waals surface area contributed by atoms with Gasteiger partial charge in [-0.1, -0.05) is 18.2 Å². The summed E-state index contributed by atoms with van der Waals surface area (Å²) in [5, 5.41) is 5.54. The van der Waals surface area contributed by atoms with Crippen molar-refractivity contribution in [1.29, 1.82) is 0 Å². The van der Waals surface area contributed by atoms with Crippen LogP contribution in [0.2, 0.25) is 0 Å². The van der Waals surface area contributed by atoms with E-state index in [1.54, 1.807) is 7.11 Å². The standard InChI is InChI=1S/C20H24N4O/c1-14-11-20(22-19-8-6-5-7-18(14)19)23-21-13-17-12-15(2)24(16(17)3)9-10-25-4/h5-8,11-13H,9-10H2,1-4H3,(H,22,23)/b21-13-. The first-order chi connectivity index (χ1) is 12.1. The minimum absolute atomic E-state index is 0.700. The summed E-state index contributed by atoms with van der Waals surface area (Å²) < 4.78 is 7.41. The maximum Gasteiger partial charge on any atom is 0.147 e. The van der Waals surface area contributed by atoms with Crippen molar-refractivity contribution in [1.82, 2.24) is 9.55 Å². The predicted octanol–water partition coefficient (Wildman–Crippen LogP) is 4.05. The second-order valence-corrected chi connectivity index (χ2v) is 6.18. The van der Waals surface area contributed by atoms with Gasteiger partial charge >= 0.3 is 0 Å². The van der Waals surface area contributed by atoms with E-state index in [-0.39, 0.29) is 0 Å². The lowest BCUT2D eigenvalue weighted by molar-refractivity contribution is 0.186. The van der Waals surface area contributed by atoms with E-state index in [1.165, 1.54) is 22.3 Å². The smallest absolute Gasteiger partial charge is 0.147 e. The van der Waals surface area contributed by atoms with Crippen LogP contribution in [0.5, 0.6) is 0 Å². The molecule has 5 nitrogen and oxygen atoms in total. The number of hydrogen-bond acceptors (Lipinski definition) is 4. The van der Waals surface area contributed by atoms with Crippen molar-refractivity contribution in [2.24, 2.45) is 5.10 Å². The number of anilines is 1.